The number of pyridine rings is 1. The summed E-state index contributed by atoms with van der Waals surface area (Å²) in [6.45, 7) is 1.71. The van der Waals surface area contributed by atoms with Gasteiger partial charge in [0.1, 0.15) is 10.8 Å². The van der Waals surface area contributed by atoms with E-state index in [9.17, 15) is 26.3 Å². The highest BCUT2D eigenvalue weighted by Gasteiger charge is 2.58. The molecule has 4 nitrogen and oxygen atoms in total. The second kappa shape index (κ2) is 8.42. The van der Waals surface area contributed by atoms with E-state index in [1.165, 1.54) is 24.0 Å². The maximum Gasteiger partial charge on any atom is 0.404 e. The van der Waals surface area contributed by atoms with E-state index in [0.717, 1.165) is 28.5 Å². The summed E-state index contributed by atoms with van der Waals surface area (Å²) in [5.41, 5.74) is 5.23. The molecule has 2 N–H and O–H groups in total. The molecule has 1 atom stereocenters. The number of nitrogens with zero attached hydrogens (tertiary/aromatic N) is 3. The molecule has 0 spiro atoms. The van der Waals surface area contributed by atoms with Crippen LogP contribution in [0.15, 0.2) is 33.9 Å². The molecule has 3 rings (SSSR count). The summed E-state index contributed by atoms with van der Waals surface area (Å²) in [5.74, 6) is -3.30. The van der Waals surface area contributed by atoms with E-state index in [1.54, 1.807) is 13.0 Å². The second-order valence-electron chi connectivity index (χ2n) is 6.19. The van der Waals surface area contributed by atoms with Gasteiger partial charge in [-0.05, 0) is 30.2 Å². The number of nitrogens with two attached hydrogens (primary N) is 1. The quantitative estimate of drug-likeness (QED) is 0.194. The molecule has 3 aromatic rings. The van der Waals surface area contributed by atoms with Crippen LogP contribution >= 0.6 is 34.9 Å². The van der Waals surface area contributed by atoms with Gasteiger partial charge in [-0.25, -0.2) is 9.97 Å². The Kier molecular flexibility index (Phi) is 6.44. The average Bonchev–Trinajstić information content (AvgIpc) is 3.01. The van der Waals surface area contributed by atoms with E-state index in [4.69, 9.17) is 5.73 Å². The van der Waals surface area contributed by atoms with E-state index in [1.807, 2.05) is 6.26 Å². The van der Waals surface area contributed by atoms with Gasteiger partial charge in [0.15, 0.2) is 11.1 Å². The van der Waals surface area contributed by atoms with Crippen molar-refractivity contribution in [3.05, 3.63) is 35.0 Å². The highest BCUT2D eigenvalue weighted by molar-refractivity contribution is 7.99. The van der Waals surface area contributed by atoms with Crippen LogP contribution in [0, 0.1) is 0 Å². The minimum Gasteiger partial charge on any atom is -0.384 e. The standard InChI is InChI=1S/C17H14F6N4S3/c1-7(30-15-26-12(24)4-13(27-15)28-2)10-3-8-9(6-29-11(8)5-25-10)14(16(18,19)20)17(21,22)23/h3-7,14H,1-2H3,(H2,24,26,27). The largest absolute Gasteiger partial charge is 0.404 e. The molecule has 13 heteroatoms. The molecule has 162 valence electrons. The van der Waals surface area contributed by atoms with Gasteiger partial charge in [-0.3, -0.25) is 4.98 Å². The summed E-state index contributed by atoms with van der Waals surface area (Å²) < 4.78 is 79.4. The summed E-state index contributed by atoms with van der Waals surface area (Å²) in [6.07, 6.45) is -7.82. The van der Waals surface area contributed by atoms with Crippen LogP contribution in [0.3, 0.4) is 0 Å². The van der Waals surface area contributed by atoms with E-state index in [-0.39, 0.29) is 15.9 Å². The maximum absolute atomic E-state index is 13.2. The SMILES string of the molecule is CSc1cc(N)nc(SC(C)c2cc3c(C(C(F)(F)F)C(F)(F)F)csc3cn2)n1. The zero-order chi connectivity index (χ0) is 22.3. The van der Waals surface area contributed by atoms with Crippen molar-refractivity contribution in [1.29, 1.82) is 0 Å². The molecule has 1 unspecified atom stereocenters. The summed E-state index contributed by atoms with van der Waals surface area (Å²) in [4.78, 5) is 12.6. The monoisotopic (exact) mass is 484 g/mol. The molecule has 0 aliphatic rings. The van der Waals surface area contributed by atoms with Crippen molar-refractivity contribution in [2.24, 2.45) is 0 Å². The first-order valence-corrected chi connectivity index (χ1v) is 11.2. The van der Waals surface area contributed by atoms with Crippen molar-refractivity contribution in [2.45, 2.75) is 40.6 Å². The predicted molar refractivity (Wildman–Crippen MR) is 107 cm³/mol. The van der Waals surface area contributed by atoms with Crippen LogP contribution in [0.4, 0.5) is 32.2 Å². The average molecular weight is 485 g/mol. The number of alkyl halides is 6. The molecule has 0 bridgehead atoms. The number of aromatic nitrogens is 3. The van der Waals surface area contributed by atoms with Crippen LogP contribution in [-0.2, 0) is 0 Å². The topological polar surface area (TPSA) is 64.7 Å². The van der Waals surface area contributed by atoms with Crippen molar-refractivity contribution in [1.82, 2.24) is 15.0 Å². The van der Waals surface area contributed by atoms with Gasteiger partial charge in [-0.15, -0.1) is 23.1 Å². The Labute approximate surface area is 179 Å². The fourth-order valence-corrected chi connectivity index (χ4v) is 5.03. The summed E-state index contributed by atoms with van der Waals surface area (Å²) in [7, 11) is 0. The lowest BCUT2D eigenvalue weighted by Gasteiger charge is -2.22. The van der Waals surface area contributed by atoms with Gasteiger partial charge >= 0.3 is 12.4 Å². The summed E-state index contributed by atoms with van der Waals surface area (Å²) >= 11 is 3.31. The van der Waals surface area contributed by atoms with Crippen LogP contribution in [0.2, 0.25) is 0 Å². The normalized spacial score (nSPS) is 13.9. The molecule has 0 aliphatic carbocycles. The number of anilines is 1. The molecule has 0 aliphatic heterocycles. The third kappa shape index (κ3) is 4.94. The fourth-order valence-electron chi connectivity index (χ4n) is 2.75. The summed E-state index contributed by atoms with van der Waals surface area (Å²) in [6, 6.07) is 2.86. The maximum atomic E-state index is 13.2. The highest BCUT2D eigenvalue weighted by Crippen LogP contribution is 2.49. The minimum atomic E-state index is -5.46. The fraction of sp³-hybridized carbons (Fsp3) is 0.353. The minimum absolute atomic E-state index is 0.115. The van der Waals surface area contributed by atoms with Gasteiger partial charge in [-0.2, -0.15) is 26.3 Å². The van der Waals surface area contributed by atoms with Crippen molar-refractivity contribution in [2.75, 3.05) is 12.0 Å². The van der Waals surface area contributed by atoms with Crippen LogP contribution < -0.4 is 5.73 Å². The molecular weight excluding hydrogens is 470 g/mol. The highest BCUT2D eigenvalue weighted by atomic mass is 32.2. The molecule has 0 amide bonds. The number of thioether (sulfide) groups is 2. The van der Waals surface area contributed by atoms with Gasteiger partial charge in [0, 0.05) is 17.6 Å². The molecule has 0 aromatic carbocycles. The molecule has 0 fully saturated rings. The van der Waals surface area contributed by atoms with Crippen LogP contribution in [0.5, 0.6) is 0 Å². The van der Waals surface area contributed by atoms with E-state index in [2.05, 4.69) is 15.0 Å². The van der Waals surface area contributed by atoms with Gasteiger partial charge in [0.05, 0.1) is 15.6 Å². The molecule has 30 heavy (non-hydrogen) atoms. The third-order valence-corrected chi connectivity index (χ3v) is 6.65. The van der Waals surface area contributed by atoms with Crippen LogP contribution in [0.1, 0.15) is 29.3 Å². The Bertz CT molecular complexity index is 1040. The van der Waals surface area contributed by atoms with Crippen molar-refractivity contribution in [3.63, 3.8) is 0 Å². The first kappa shape index (κ1) is 22.9. The lowest BCUT2D eigenvalue weighted by molar-refractivity contribution is -0.253. The Morgan fingerprint density at radius 1 is 1.07 bits per heavy atom. The molecule has 0 saturated heterocycles. The zero-order valence-corrected chi connectivity index (χ0v) is 17.8. The van der Waals surface area contributed by atoms with E-state index < -0.39 is 29.1 Å². The van der Waals surface area contributed by atoms with E-state index in [0.29, 0.717) is 15.9 Å². The Hall–Kier alpha value is -1.73. The van der Waals surface area contributed by atoms with Crippen LogP contribution in [0.25, 0.3) is 10.1 Å². The van der Waals surface area contributed by atoms with Crippen LogP contribution in [-0.4, -0.2) is 33.6 Å². The first-order valence-electron chi connectivity index (χ1n) is 8.25. The number of thiophene rings is 1. The molecule has 0 radical (unpaired) electrons. The molecular formula is C17H14F6N4S3. The second-order valence-corrected chi connectivity index (χ2v) is 9.24. The molecule has 3 aromatic heterocycles. The predicted octanol–water partition coefficient (Wildman–Crippen LogP) is 6.45. The van der Waals surface area contributed by atoms with Gasteiger partial charge in [0.25, 0.3) is 0 Å². The lowest BCUT2D eigenvalue weighted by Crippen LogP contribution is -2.33. The number of fused-ring (bicyclic) bond motifs is 1. The van der Waals surface area contributed by atoms with Crippen molar-refractivity contribution in [3.8, 4) is 0 Å². The zero-order valence-electron chi connectivity index (χ0n) is 15.4. The smallest absolute Gasteiger partial charge is 0.384 e. The van der Waals surface area contributed by atoms with Gasteiger partial charge in [-0.1, -0.05) is 11.8 Å². The van der Waals surface area contributed by atoms with Crippen molar-refractivity contribution < 1.29 is 26.3 Å². The lowest BCUT2D eigenvalue weighted by atomic mass is 9.97. The number of halogens is 6. The summed E-state index contributed by atoms with van der Waals surface area (Å²) in [5, 5.41) is 1.32. The molecule has 3 heterocycles. The molecule has 0 saturated carbocycles. The van der Waals surface area contributed by atoms with Gasteiger partial charge in [0.2, 0.25) is 0 Å². The van der Waals surface area contributed by atoms with Crippen molar-refractivity contribution >= 4 is 50.8 Å². The van der Waals surface area contributed by atoms with E-state index >= 15 is 0 Å². The Morgan fingerprint density at radius 3 is 2.33 bits per heavy atom. The first-order chi connectivity index (χ1) is 13.9. The Balaban J connectivity index is 1.99. The number of hydrogen-bond donors (Lipinski definition) is 1. The Morgan fingerprint density at radius 2 is 1.73 bits per heavy atom. The van der Waals surface area contributed by atoms with Gasteiger partial charge < -0.3 is 5.73 Å². The number of hydrogen-bond acceptors (Lipinski definition) is 7. The number of nitrogen functional groups attached to an aromatic ring is 1. The number of rotatable bonds is 5. The third-order valence-electron chi connectivity index (χ3n) is 4.09.